The van der Waals surface area contributed by atoms with E-state index in [1.807, 2.05) is 59.5 Å². The zero-order valence-electron chi connectivity index (χ0n) is 17.3. The number of amides is 1. The predicted octanol–water partition coefficient (Wildman–Crippen LogP) is 4.33. The number of carbonyl (C=O) groups excluding carboxylic acids is 1. The number of ether oxygens (including phenoxy) is 2. The summed E-state index contributed by atoms with van der Waals surface area (Å²) in [5.74, 6) is 1.75. The Morgan fingerprint density at radius 1 is 1.03 bits per heavy atom. The van der Waals surface area contributed by atoms with E-state index in [9.17, 15) is 4.79 Å². The molecular weight excluding hydrogens is 410 g/mol. The Bertz CT molecular complexity index is 1040. The van der Waals surface area contributed by atoms with E-state index in [0.29, 0.717) is 17.8 Å². The third kappa shape index (κ3) is 4.73. The lowest BCUT2D eigenvalue weighted by molar-refractivity contribution is -0.127. The van der Waals surface area contributed by atoms with Crippen LogP contribution in [0.3, 0.4) is 0 Å². The van der Waals surface area contributed by atoms with Gasteiger partial charge in [-0.15, -0.1) is 0 Å². The number of piperidine rings is 1. The second kappa shape index (κ2) is 9.08. The van der Waals surface area contributed by atoms with Crippen molar-refractivity contribution in [3.63, 3.8) is 0 Å². The number of carbonyl (C=O) groups is 1. The minimum Gasteiger partial charge on any atom is -0.492 e. The third-order valence-corrected chi connectivity index (χ3v) is 6.74. The summed E-state index contributed by atoms with van der Waals surface area (Å²) < 4.78 is 12.9. The van der Waals surface area contributed by atoms with Crippen molar-refractivity contribution in [1.82, 2.24) is 14.8 Å². The molecule has 0 unspecified atom stereocenters. The van der Waals surface area contributed by atoms with Crippen molar-refractivity contribution in [2.24, 2.45) is 0 Å². The summed E-state index contributed by atoms with van der Waals surface area (Å²) in [6.45, 7) is 4.32. The SMILES string of the molecule is O=C1C=CCN1C1CCN(CCOc2ccc(Oc3nc4ccccc4s3)cc2)CC1. The van der Waals surface area contributed by atoms with Crippen molar-refractivity contribution in [2.45, 2.75) is 18.9 Å². The molecule has 0 N–H and O–H groups in total. The summed E-state index contributed by atoms with van der Waals surface area (Å²) in [4.78, 5) is 20.7. The number of fused-ring (bicyclic) bond motifs is 1. The van der Waals surface area contributed by atoms with E-state index in [1.165, 1.54) is 11.3 Å². The summed E-state index contributed by atoms with van der Waals surface area (Å²) in [5, 5.41) is 0.643. The Morgan fingerprint density at radius 2 is 1.81 bits per heavy atom. The molecule has 0 saturated carbocycles. The summed E-state index contributed by atoms with van der Waals surface area (Å²) in [7, 11) is 0. The van der Waals surface area contributed by atoms with Gasteiger partial charge in [0.05, 0.1) is 10.2 Å². The third-order valence-electron chi connectivity index (χ3n) is 5.82. The second-order valence-electron chi connectivity index (χ2n) is 7.84. The van der Waals surface area contributed by atoms with Crippen LogP contribution in [0.4, 0.5) is 0 Å². The maximum atomic E-state index is 11.8. The molecule has 3 heterocycles. The monoisotopic (exact) mass is 435 g/mol. The van der Waals surface area contributed by atoms with Crippen LogP contribution in [0.2, 0.25) is 0 Å². The lowest BCUT2D eigenvalue weighted by Crippen LogP contribution is -2.46. The molecule has 0 spiro atoms. The van der Waals surface area contributed by atoms with Crippen LogP contribution in [-0.2, 0) is 4.79 Å². The lowest BCUT2D eigenvalue weighted by atomic mass is 10.0. The molecule has 0 aliphatic carbocycles. The largest absolute Gasteiger partial charge is 0.492 e. The molecule has 2 aromatic carbocycles. The van der Waals surface area contributed by atoms with E-state index < -0.39 is 0 Å². The Hall–Kier alpha value is -2.90. The molecule has 7 heteroatoms. The predicted molar refractivity (Wildman–Crippen MR) is 122 cm³/mol. The fourth-order valence-electron chi connectivity index (χ4n) is 4.13. The van der Waals surface area contributed by atoms with E-state index in [-0.39, 0.29) is 5.91 Å². The van der Waals surface area contributed by atoms with Gasteiger partial charge in [-0.3, -0.25) is 9.69 Å². The zero-order valence-corrected chi connectivity index (χ0v) is 18.1. The van der Waals surface area contributed by atoms with Gasteiger partial charge >= 0.3 is 0 Å². The Labute approximate surface area is 185 Å². The van der Waals surface area contributed by atoms with E-state index >= 15 is 0 Å². The minimum atomic E-state index is 0.164. The van der Waals surface area contributed by atoms with Gasteiger partial charge in [0.25, 0.3) is 5.19 Å². The maximum Gasteiger partial charge on any atom is 0.279 e. The number of hydrogen-bond donors (Lipinski definition) is 0. The number of nitrogens with zero attached hydrogens (tertiary/aromatic N) is 3. The molecule has 160 valence electrons. The van der Waals surface area contributed by atoms with E-state index in [2.05, 4.69) is 9.88 Å². The molecule has 1 saturated heterocycles. The number of rotatable bonds is 7. The summed E-state index contributed by atoms with van der Waals surface area (Å²) in [5.41, 5.74) is 0.954. The fourth-order valence-corrected chi connectivity index (χ4v) is 4.96. The molecule has 1 fully saturated rings. The minimum absolute atomic E-state index is 0.164. The first-order valence-corrected chi connectivity index (χ1v) is 11.5. The first-order chi connectivity index (χ1) is 15.2. The van der Waals surface area contributed by atoms with Crippen molar-refractivity contribution >= 4 is 27.5 Å². The molecule has 1 aromatic heterocycles. The molecule has 0 atom stereocenters. The summed E-state index contributed by atoms with van der Waals surface area (Å²) >= 11 is 1.54. The molecule has 31 heavy (non-hydrogen) atoms. The fraction of sp³-hybridized carbons (Fsp3) is 0.333. The van der Waals surface area contributed by atoms with Crippen LogP contribution < -0.4 is 9.47 Å². The van der Waals surface area contributed by atoms with Gasteiger partial charge in [0, 0.05) is 38.3 Å². The quantitative estimate of drug-likeness (QED) is 0.553. The summed E-state index contributed by atoms with van der Waals surface area (Å²) in [6.07, 6.45) is 5.71. The van der Waals surface area contributed by atoms with Crippen molar-refractivity contribution in [1.29, 1.82) is 0 Å². The van der Waals surface area contributed by atoms with Crippen molar-refractivity contribution in [2.75, 3.05) is 32.8 Å². The lowest BCUT2D eigenvalue weighted by Gasteiger charge is -2.36. The Morgan fingerprint density at radius 3 is 2.55 bits per heavy atom. The number of likely N-dealkylation sites (tertiary alicyclic amines) is 1. The molecule has 5 rings (SSSR count). The van der Waals surface area contributed by atoms with Gasteiger partial charge in [0.2, 0.25) is 5.91 Å². The van der Waals surface area contributed by atoms with Crippen LogP contribution in [0.25, 0.3) is 10.2 Å². The molecular formula is C24H25N3O3S. The average molecular weight is 436 g/mol. The van der Waals surface area contributed by atoms with Gasteiger partial charge < -0.3 is 14.4 Å². The number of para-hydroxylation sites is 1. The van der Waals surface area contributed by atoms with Crippen LogP contribution >= 0.6 is 11.3 Å². The number of thiazole rings is 1. The van der Waals surface area contributed by atoms with E-state index in [4.69, 9.17) is 9.47 Å². The summed E-state index contributed by atoms with van der Waals surface area (Å²) in [6, 6.07) is 16.1. The smallest absolute Gasteiger partial charge is 0.279 e. The van der Waals surface area contributed by atoms with Crippen LogP contribution in [0.5, 0.6) is 16.7 Å². The standard InChI is InChI=1S/C24H25N3O3S/c28-23-6-3-13-27(23)18-11-14-26(15-12-18)16-17-29-19-7-9-20(10-8-19)30-24-25-21-4-1-2-5-22(21)31-24/h1-10,18H,11-17H2. The molecule has 0 radical (unpaired) electrons. The van der Waals surface area contributed by atoms with Gasteiger partial charge in [-0.05, 0) is 49.2 Å². The van der Waals surface area contributed by atoms with Crippen molar-refractivity contribution < 1.29 is 14.3 Å². The molecule has 2 aliphatic heterocycles. The van der Waals surface area contributed by atoms with Crippen LogP contribution in [0.1, 0.15) is 12.8 Å². The van der Waals surface area contributed by atoms with Crippen molar-refractivity contribution in [3.05, 3.63) is 60.7 Å². The topological polar surface area (TPSA) is 54.9 Å². The van der Waals surface area contributed by atoms with Crippen LogP contribution in [-0.4, -0.2) is 59.5 Å². The zero-order chi connectivity index (χ0) is 21.0. The van der Waals surface area contributed by atoms with E-state index in [0.717, 1.165) is 60.7 Å². The van der Waals surface area contributed by atoms with Gasteiger partial charge in [-0.2, -0.15) is 0 Å². The van der Waals surface area contributed by atoms with Gasteiger partial charge in [-0.1, -0.05) is 29.5 Å². The Kier molecular flexibility index (Phi) is 5.86. The van der Waals surface area contributed by atoms with Gasteiger partial charge in [0.15, 0.2) is 0 Å². The van der Waals surface area contributed by atoms with Gasteiger partial charge in [-0.25, -0.2) is 4.98 Å². The first-order valence-electron chi connectivity index (χ1n) is 10.7. The molecule has 2 aliphatic rings. The highest BCUT2D eigenvalue weighted by molar-refractivity contribution is 7.20. The molecule has 1 amide bonds. The second-order valence-corrected chi connectivity index (χ2v) is 8.83. The van der Waals surface area contributed by atoms with Crippen molar-refractivity contribution in [3.8, 4) is 16.7 Å². The van der Waals surface area contributed by atoms with Crippen LogP contribution in [0, 0.1) is 0 Å². The molecule has 3 aromatic rings. The highest BCUT2D eigenvalue weighted by Gasteiger charge is 2.28. The van der Waals surface area contributed by atoms with Gasteiger partial charge in [0.1, 0.15) is 18.1 Å². The highest BCUT2D eigenvalue weighted by atomic mass is 32.1. The number of hydrogen-bond acceptors (Lipinski definition) is 6. The van der Waals surface area contributed by atoms with Crippen LogP contribution in [0.15, 0.2) is 60.7 Å². The Balaban J connectivity index is 1.06. The average Bonchev–Trinajstić information content (AvgIpc) is 3.41. The normalized spacial score (nSPS) is 17.5. The maximum absolute atomic E-state index is 11.8. The molecule has 6 nitrogen and oxygen atoms in total. The molecule has 0 bridgehead atoms. The number of aromatic nitrogens is 1. The highest BCUT2D eigenvalue weighted by Crippen LogP contribution is 2.31. The van der Waals surface area contributed by atoms with E-state index in [1.54, 1.807) is 6.08 Å². The number of benzene rings is 2. The first kappa shape index (κ1) is 20.0.